The van der Waals surface area contributed by atoms with Crippen molar-refractivity contribution in [3.05, 3.63) is 35.4 Å². The van der Waals surface area contributed by atoms with Crippen LogP contribution < -0.4 is 0 Å². The summed E-state index contributed by atoms with van der Waals surface area (Å²) in [6.45, 7) is 4.41. The zero-order valence-corrected chi connectivity index (χ0v) is 15.0. The van der Waals surface area contributed by atoms with E-state index in [9.17, 15) is 10.1 Å². The molecule has 5 heteroatoms. The number of benzene rings is 1. The fourth-order valence-corrected chi connectivity index (χ4v) is 4.43. The highest BCUT2D eigenvalue weighted by Gasteiger charge is 2.41. The van der Waals surface area contributed by atoms with E-state index < -0.39 is 0 Å². The number of likely N-dealkylation sites (tertiary alicyclic amines) is 2. The van der Waals surface area contributed by atoms with Gasteiger partial charge >= 0.3 is 0 Å². The van der Waals surface area contributed by atoms with Crippen LogP contribution in [0.5, 0.6) is 0 Å². The minimum Gasteiger partial charge on any atom is -0.383 e. The smallest absolute Gasteiger partial charge is 0.255 e. The fourth-order valence-electron chi connectivity index (χ4n) is 4.43. The molecule has 0 bridgehead atoms. The van der Waals surface area contributed by atoms with Gasteiger partial charge in [0, 0.05) is 32.3 Å². The maximum absolute atomic E-state index is 12.9. The van der Waals surface area contributed by atoms with Crippen LogP contribution >= 0.6 is 0 Å². The van der Waals surface area contributed by atoms with Crippen LogP contribution in [0.1, 0.15) is 48.0 Å². The number of carbonyl (C=O) groups excluding carboxylic acids is 1. The summed E-state index contributed by atoms with van der Waals surface area (Å²) in [6, 6.07) is 9.26. The predicted octanol–water partition coefficient (Wildman–Crippen LogP) is 2.67. The van der Waals surface area contributed by atoms with E-state index in [2.05, 4.69) is 11.0 Å². The Balaban J connectivity index is 1.71. The molecule has 1 aromatic rings. The van der Waals surface area contributed by atoms with Crippen molar-refractivity contribution in [2.45, 2.75) is 37.6 Å². The average Bonchev–Trinajstić information content (AvgIpc) is 2.90. The zero-order chi connectivity index (χ0) is 17.7. The fraction of sp³-hybridized carbons (Fsp3) is 0.600. The molecule has 2 aliphatic heterocycles. The first-order valence-corrected chi connectivity index (χ1v) is 9.22. The van der Waals surface area contributed by atoms with E-state index in [-0.39, 0.29) is 11.4 Å². The number of ether oxygens (including phenoxy) is 1. The maximum Gasteiger partial charge on any atom is 0.255 e. The molecule has 0 unspecified atom stereocenters. The van der Waals surface area contributed by atoms with Crippen LogP contribution in [0.15, 0.2) is 24.3 Å². The van der Waals surface area contributed by atoms with E-state index in [4.69, 9.17) is 4.74 Å². The lowest BCUT2D eigenvalue weighted by atomic mass is 9.88. The Bertz CT molecular complexity index is 655. The number of nitrogens with zero attached hydrogens (tertiary/aromatic N) is 3. The highest BCUT2D eigenvalue weighted by Crippen LogP contribution is 2.38. The molecule has 0 aliphatic carbocycles. The van der Waals surface area contributed by atoms with Gasteiger partial charge in [-0.25, -0.2) is 0 Å². The third-order valence-corrected chi connectivity index (χ3v) is 5.79. The number of hydrogen-bond acceptors (Lipinski definition) is 4. The van der Waals surface area contributed by atoms with E-state index in [0.29, 0.717) is 11.1 Å². The van der Waals surface area contributed by atoms with Crippen molar-refractivity contribution in [2.24, 2.45) is 0 Å². The molecule has 2 aliphatic rings. The van der Waals surface area contributed by atoms with Gasteiger partial charge in [-0.05, 0) is 50.8 Å². The van der Waals surface area contributed by atoms with Crippen LogP contribution in [0.3, 0.4) is 0 Å². The van der Waals surface area contributed by atoms with Crippen molar-refractivity contribution in [2.75, 3.05) is 39.9 Å². The Labute approximate surface area is 150 Å². The van der Waals surface area contributed by atoms with Crippen LogP contribution in [-0.2, 0) is 4.74 Å². The minimum atomic E-state index is -0.00404. The van der Waals surface area contributed by atoms with Gasteiger partial charge in [0.1, 0.15) is 0 Å². The van der Waals surface area contributed by atoms with Crippen LogP contribution in [0.2, 0.25) is 0 Å². The van der Waals surface area contributed by atoms with Crippen molar-refractivity contribution in [3.8, 4) is 6.07 Å². The summed E-state index contributed by atoms with van der Waals surface area (Å²) in [7, 11) is 1.75. The lowest BCUT2D eigenvalue weighted by molar-refractivity contribution is 0.0697. The van der Waals surface area contributed by atoms with Crippen molar-refractivity contribution < 1.29 is 9.53 Å². The van der Waals surface area contributed by atoms with E-state index in [1.54, 1.807) is 25.3 Å². The van der Waals surface area contributed by atoms with Gasteiger partial charge < -0.3 is 9.64 Å². The van der Waals surface area contributed by atoms with E-state index in [1.807, 2.05) is 11.0 Å². The molecule has 0 aromatic heterocycles. The number of amides is 1. The topological polar surface area (TPSA) is 56.6 Å². The van der Waals surface area contributed by atoms with Crippen molar-refractivity contribution in [3.63, 3.8) is 0 Å². The van der Waals surface area contributed by atoms with Gasteiger partial charge in [-0.3, -0.25) is 9.69 Å². The van der Waals surface area contributed by atoms with Crippen LogP contribution in [0.25, 0.3) is 0 Å². The minimum absolute atomic E-state index is 0.00404. The first kappa shape index (κ1) is 17.9. The summed E-state index contributed by atoms with van der Waals surface area (Å²) in [4.78, 5) is 17.4. The first-order valence-electron chi connectivity index (χ1n) is 9.22. The highest BCUT2D eigenvalue weighted by molar-refractivity contribution is 5.96. The maximum atomic E-state index is 12.9. The van der Waals surface area contributed by atoms with Gasteiger partial charge in [-0.2, -0.15) is 5.26 Å². The predicted molar refractivity (Wildman–Crippen MR) is 96.3 cm³/mol. The van der Waals surface area contributed by atoms with Gasteiger partial charge in [0.2, 0.25) is 0 Å². The molecule has 2 fully saturated rings. The van der Waals surface area contributed by atoms with Crippen LogP contribution in [0, 0.1) is 11.3 Å². The molecule has 2 heterocycles. The van der Waals surface area contributed by atoms with E-state index >= 15 is 0 Å². The third-order valence-electron chi connectivity index (χ3n) is 5.79. The van der Waals surface area contributed by atoms with Crippen LogP contribution in [0.4, 0.5) is 0 Å². The number of rotatable bonds is 4. The van der Waals surface area contributed by atoms with Gasteiger partial charge in [-0.1, -0.05) is 12.1 Å². The lowest BCUT2D eigenvalue weighted by Crippen LogP contribution is -2.46. The quantitative estimate of drug-likeness (QED) is 0.845. The molecule has 0 radical (unpaired) electrons. The third kappa shape index (κ3) is 3.70. The van der Waals surface area contributed by atoms with E-state index in [0.717, 1.165) is 52.0 Å². The Hall–Kier alpha value is -1.90. The molecule has 0 N–H and O–H groups in total. The Morgan fingerprint density at radius 3 is 2.72 bits per heavy atom. The van der Waals surface area contributed by atoms with Gasteiger partial charge in [0.25, 0.3) is 5.91 Å². The highest BCUT2D eigenvalue weighted by atomic mass is 16.5. The molecule has 0 saturated carbocycles. The van der Waals surface area contributed by atoms with Crippen LogP contribution in [-0.4, -0.2) is 61.1 Å². The number of carbonyl (C=O) groups is 1. The second kappa shape index (κ2) is 7.99. The van der Waals surface area contributed by atoms with Gasteiger partial charge in [0.15, 0.2) is 0 Å². The van der Waals surface area contributed by atoms with E-state index in [1.165, 1.54) is 12.8 Å². The molecule has 5 nitrogen and oxygen atoms in total. The molecule has 25 heavy (non-hydrogen) atoms. The largest absolute Gasteiger partial charge is 0.383 e. The van der Waals surface area contributed by atoms with Crippen molar-refractivity contribution >= 4 is 5.91 Å². The molecule has 1 spiro atoms. The molecule has 1 atom stereocenters. The summed E-state index contributed by atoms with van der Waals surface area (Å²) in [6.07, 6.45) is 5.62. The van der Waals surface area contributed by atoms with Gasteiger partial charge in [-0.15, -0.1) is 0 Å². The van der Waals surface area contributed by atoms with Crippen molar-refractivity contribution in [1.82, 2.24) is 9.80 Å². The normalized spacial score (nSPS) is 24.2. The number of hydrogen-bond donors (Lipinski definition) is 0. The summed E-state index contributed by atoms with van der Waals surface area (Å²) in [5, 5.41) is 9.27. The molecular weight excluding hydrogens is 314 g/mol. The zero-order valence-electron chi connectivity index (χ0n) is 15.0. The average molecular weight is 341 g/mol. The first-order chi connectivity index (χ1) is 12.2. The summed E-state index contributed by atoms with van der Waals surface area (Å²) >= 11 is 0. The number of methoxy groups -OCH3 is 1. The molecular formula is C20H27N3O2. The Kier molecular flexibility index (Phi) is 5.72. The Morgan fingerprint density at radius 2 is 1.96 bits per heavy atom. The van der Waals surface area contributed by atoms with Crippen molar-refractivity contribution in [1.29, 1.82) is 5.26 Å². The summed E-state index contributed by atoms with van der Waals surface area (Å²) < 4.78 is 5.27. The molecule has 3 rings (SSSR count). The monoisotopic (exact) mass is 341 g/mol. The summed E-state index contributed by atoms with van der Waals surface area (Å²) in [5.74, 6) is -0.00404. The molecule has 134 valence electrons. The second-order valence-corrected chi connectivity index (χ2v) is 7.11. The SMILES string of the molecule is COCCN1CCC[C@@]12CCCN(C(=O)c1ccccc1C#N)CC2. The Morgan fingerprint density at radius 1 is 1.20 bits per heavy atom. The molecule has 2 saturated heterocycles. The summed E-state index contributed by atoms with van der Waals surface area (Å²) in [5.41, 5.74) is 1.22. The lowest BCUT2D eigenvalue weighted by Gasteiger charge is -2.38. The molecule has 1 aromatic carbocycles. The number of nitriles is 1. The standard InChI is InChI=1S/C20H27N3O2/c1-25-15-14-23-12-5-9-20(23)8-4-11-22(13-10-20)19(24)18-7-3-2-6-17(18)16-21/h2-3,6-7H,4-5,8-15H2,1H3/t20-/m1/s1. The van der Waals surface area contributed by atoms with Gasteiger partial charge in [0.05, 0.1) is 23.8 Å². The molecule has 1 amide bonds. The second-order valence-electron chi connectivity index (χ2n) is 7.11.